The summed E-state index contributed by atoms with van der Waals surface area (Å²) in [7, 11) is 0. The van der Waals surface area contributed by atoms with Crippen LogP contribution in [-0.2, 0) is 33.1 Å². The predicted molar refractivity (Wildman–Crippen MR) is 149 cm³/mol. The maximum atomic E-state index is 6.24. The Morgan fingerprint density at radius 2 is 1.25 bits per heavy atom. The Morgan fingerprint density at radius 1 is 0.778 bits per heavy atom. The van der Waals surface area contributed by atoms with Gasteiger partial charge in [-0.2, -0.15) is 0 Å². The van der Waals surface area contributed by atoms with Crippen LogP contribution in [0.2, 0.25) is 0 Å². The first kappa shape index (κ1) is 28.3. The van der Waals surface area contributed by atoms with Crippen LogP contribution in [0, 0.1) is 0 Å². The summed E-state index contributed by atoms with van der Waals surface area (Å²) in [5.41, 5.74) is 5.28. The Kier molecular flexibility index (Phi) is 10.0. The normalized spacial score (nSPS) is 16.8. The van der Waals surface area contributed by atoms with E-state index in [-0.39, 0.29) is 16.9 Å². The SMILES string of the molecule is C=CCOC1CCc2cc(C(C)(C)C)ccc2OCCOCCOc2ccc(C(C)(C)C)cc2CC1. The molecule has 0 N–H and O–H groups in total. The highest BCUT2D eigenvalue weighted by atomic mass is 16.5. The predicted octanol–water partition coefficient (Wildman–Crippen LogP) is 7.21. The van der Waals surface area contributed by atoms with Crippen LogP contribution in [0.25, 0.3) is 0 Å². The quantitative estimate of drug-likeness (QED) is 0.423. The molecule has 2 aromatic rings. The topological polar surface area (TPSA) is 36.9 Å². The van der Waals surface area contributed by atoms with Crippen molar-refractivity contribution >= 4 is 0 Å². The van der Waals surface area contributed by atoms with Crippen LogP contribution < -0.4 is 9.47 Å². The molecule has 0 aromatic heterocycles. The van der Waals surface area contributed by atoms with E-state index in [2.05, 4.69) is 84.5 Å². The third-order valence-corrected chi connectivity index (χ3v) is 6.74. The van der Waals surface area contributed by atoms with Crippen LogP contribution >= 0.6 is 0 Å². The Hall–Kier alpha value is -2.30. The maximum Gasteiger partial charge on any atom is 0.122 e. The van der Waals surface area contributed by atoms with Crippen LogP contribution in [0.1, 0.15) is 76.6 Å². The van der Waals surface area contributed by atoms with E-state index in [1.165, 1.54) is 22.3 Å². The summed E-state index contributed by atoms with van der Waals surface area (Å²) in [6.45, 7) is 20.0. The lowest BCUT2D eigenvalue weighted by molar-refractivity contribution is 0.0603. The Bertz CT molecular complexity index is 907. The molecule has 0 saturated heterocycles. The fraction of sp³-hybridized carbons (Fsp3) is 0.562. The van der Waals surface area contributed by atoms with E-state index in [1.54, 1.807) is 0 Å². The first-order chi connectivity index (χ1) is 17.1. The molecule has 1 aliphatic heterocycles. The number of hydrogen-bond acceptors (Lipinski definition) is 4. The summed E-state index contributed by atoms with van der Waals surface area (Å²) < 4.78 is 24.3. The van der Waals surface area contributed by atoms with Gasteiger partial charge in [0.25, 0.3) is 0 Å². The molecule has 0 fully saturated rings. The summed E-state index contributed by atoms with van der Waals surface area (Å²) in [5.74, 6) is 1.88. The van der Waals surface area contributed by atoms with Crippen molar-refractivity contribution in [2.24, 2.45) is 0 Å². The van der Waals surface area contributed by atoms with E-state index in [0.717, 1.165) is 37.2 Å². The summed E-state index contributed by atoms with van der Waals surface area (Å²) in [5, 5.41) is 0. The van der Waals surface area contributed by atoms with Gasteiger partial charge in [0.15, 0.2) is 0 Å². The lowest BCUT2D eigenvalue weighted by Gasteiger charge is -2.24. The molecule has 0 atom stereocenters. The highest BCUT2D eigenvalue weighted by Gasteiger charge is 2.20. The molecule has 36 heavy (non-hydrogen) atoms. The van der Waals surface area contributed by atoms with Crippen molar-refractivity contribution in [1.82, 2.24) is 0 Å². The molecule has 0 aliphatic carbocycles. The van der Waals surface area contributed by atoms with Crippen molar-refractivity contribution in [2.75, 3.05) is 33.0 Å². The van der Waals surface area contributed by atoms with Gasteiger partial charge in [0, 0.05) is 0 Å². The van der Waals surface area contributed by atoms with E-state index < -0.39 is 0 Å². The van der Waals surface area contributed by atoms with E-state index in [4.69, 9.17) is 18.9 Å². The molecule has 4 heteroatoms. The van der Waals surface area contributed by atoms with Crippen molar-refractivity contribution in [3.05, 3.63) is 71.3 Å². The average molecular weight is 495 g/mol. The highest BCUT2D eigenvalue weighted by molar-refractivity contribution is 5.41. The molecule has 4 nitrogen and oxygen atoms in total. The van der Waals surface area contributed by atoms with Crippen molar-refractivity contribution < 1.29 is 18.9 Å². The minimum atomic E-state index is 0.0839. The third kappa shape index (κ3) is 8.38. The fourth-order valence-electron chi connectivity index (χ4n) is 4.44. The molecule has 0 unspecified atom stereocenters. The first-order valence-corrected chi connectivity index (χ1v) is 13.4. The molecule has 3 rings (SSSR count). The molecule has 2 aromatic carbocycles. The van der Waals surface area contributed by atoms with Gasteiger partial charge in [0.2, 0.25) is 0 Å². The molecule has 198 valence electrons. The number of benzene rings is 2. The van der Waals surface area contributed by atoms with Crippen molar-refractivity contribution in [2.45, 2.75) is 84.2 Å². The Balaban J connectivity index is 1.87. The number of rotatable bonds is 3. The summed E-state index contributed by atoms with van der Waals surface area (Å²) in [4.78, 5) is 0. The zero-order valence-corrected chi connectivity index (χ0v) is 23.3. The second kappa shape index (κ2) is 12.8. The van der Waals surface area contributed by atoms with Gasteiger partial charge >= 0.3 is 0 Å². The molecule has 0 radical (unpaired) electrons. The van der Waals surface area contributed by atoms with E-state index in [9.17, 15) is 0 Å². The molecule has 0 bridgehead atoms. The van der Waals surface area contributed by atoms with Crippen LogP contribution in [0.15, 0.2) is 49.1 Å². The number of hydrogen-bond donors (Lipinski definition) is 0. The second-order valence-corrected chi connectivity index (χ2v) is 11.8. The molecule has 0 amide bonds. The van der Waals surface area contributed by atoms with Crippen LogP contribution in [0.4, 0.5) is 0 Å². The van der Waals surface area contributed by atoms with Gasteiger partial charge in [0.1, 0.15) is 24.7 Å². The Labute approximate surface area is 219 Å². The number of aryl methyl sites for hydroxylation is 2. The van der Waals surface area contributed by atoms with Gasteiger partial charge in [0.05, 0.1) is 25.9 Å². The fourth-order valence-corrected chi connectivity index (χ4v) is 4.44. The van der Waals surface area contributed by atoms with Gasteiger partial charge in [-0.15, -0.1) is 6.58 Å². The highest BCUT2D eigenvalue weighted by Crippen LogP contribution is 2.32. The van der Waals surface area contributed by atoms with Gasteiger partial charge in [-0.05, 0) is 70.9 Å². The first-order valence-electron chi connectivity index (χ1n) is 13.4. The van der Waals surface area contributed by atoms with Gasteiger partial charge in [-0.3, -0.25) is 0 Å². The third-order valence-electron chi connectivity index (χ3n) is 6.74. The second-order valence-electron chi connectivity index (χ2n) is 11.8. The maximum absolute atomic E-state index is 6.24. The van der Waals surface area contributed by atoms with Gasteiger partial charge < -0.3 is 18.9 Å². The Morgan fingerprint density at radius 3 is 1.67 bits per heavy atom. The molecule has 1 aliphatic rings. The molecular formula is C32H46O4. The van der Waals surface area contributed by atoms with Crippen LogP contribution in [0.5, 0.6) is 11.5 Å². The minimum Gasteiger partial charge on any atom is -0.491 e. The van der Waals surface area contributed by atoms with Crippen molar-refractivity contribution in [1.29, 1.82) is 0 Å². The molecule has 0 spiro atoms. The number of fused-ring (bicyclic) bond motifs is 2. The molecule has 0 saturated carbocycles. The summed E-state index contributed by atoms with van der Waals surface area (Å²) in [6.07, 6.45) is 5.59. The molecular weight excluding hydrogens is 448 g/mol. The van der Waals surface area contributed by atoms with Crippen LogP contribution in [0.3, 0.4) is 0 Å². The lowest BCUT2D eigenvalue weighted by atomic mass is 9.85. The zero-order chi connectivity index (χ0) is 26.2. The monoisotopic (exact) mass is 494 g/mol. The van der Waals surface area contributed by atoms with Crippen LogP contribution in [-0.4, -0.2) is 39.1 Å². The van der Waals surface area contributed by atoms with E-state index in [1.807, 2.05) is 6.08 Å². The van der Waals surface area contributed by atoms with Crippen molar-refractivity contribution in [3.8, 4) is 11.5 Å². The molecule has 1 heterocycles. The smallest absolute Gasteiger partial charge is 0.122 e. The van der Waals surface area contributed by atoms with E-state index in [0.29, 0.717) is 33.0 Å². The standard InChI is InChI=1S/C32H46O4/c1-8-17-34-28-13-9-24-22-26(31(2,3)4)11-15-29(24)35-20-18-33-19-21-36-30-16-12-27(32(5,6)7)23-25(30)10-14-28/h8,11-12,15-16,22-23,28H,1,9-10,13-14,17-21H2,2-7H3. The summed E-state index contributed by atoms with van der Waals surface area (Å²) >= 11 is 0. The van der Waals surface area contributed by atoms with Crippen molar-refractivity contribution in [3.63, 3.8) is 0 Å². The van der Waals surface area contributed by atoms with Gasteiger partial charge in [-0.1, -0.05) is 71.9 Å². The van der Waals surface area contributed by atoms with Gasteiger partial charge in [-0.25, -0.2) is 0 Å². The lowest BCUT2D eigenvalue weighted by Crippen LogP contribution is -2.19. The summed E-state index contributed by atoms with van der Waals surface area (Å²) in [6, 6.07) is 13.2. The zero-order valence-electron chi connectivity index (χ0n) is 23.3. The largest absolute Gasteiger partial charge is 0.491 e. The average Bonchev–Trinajstić information content (AvgIpc) is 2.82. The van der Waals surface area contributed by atoms with E-state index >= 15 is 0 Å². The number of ether oxygens (including phenoxy) is 4. The minimum absolute atomic E-state index is 0.0839.